The normalized spacial score (nSPS) is 12.0. The maximum absolute atomic E-state index is 12.5. The molecule has 0 fully saturated rings. The molecular formula is C59H115NO28. The Labute approximate surface area is 523 Å². The van der Waals surface area contributed by atoms with Crippen molar-refractivity contribution < 1.29 is 133 Å². The SMILES string of the molecule is CCCC(=O)N[C@@H](CCC(=O)O)C(=O)CCCOCCOCCOCCOCCOCCOCCOCCOCCOCCOCCOCCOCCOCCOCCOCCOCCOCCOCCOCCOCCOCCOCCOCCOC. The predicted octanol–water partition coefficient (Wildman–Crippen LogP) is 1.51. The molecule has 0 aromatic heterocycles. The van der Waals surface area contributed by atoms with E-state index in [4.69, 9.17) is 119 Å². The molecule has 0 rings (SSSR count). The molecule has 88 heavy (non-hydrogen) atoms. The molecule has 0 saturated carbocycles. The lowest BCUT2D eigenvalue weighted by molar-refractivity contribution is -0.137. The Morgan fingerprint density at radius 1 is 0.273 bits per heavy atom. The highest BCUT2D eigenvalue weighted by molar-refractivity contribution is 5.89. The first-order chi connectivity index (χ1) is 43.5. The summed E-state index contributed by atoms with van der Waals surface area (Å²) < 4.78 is 131. The van der Waals surface area contributed by atoms with E-state index in [0.29, 0.717) is 330 Å². The van der Waals surface area contributed by atoms with Gasteiger partial charge in [-0.05, 0) is 19.3 Å². The van der Waals surface area contributed by atoms with Gasteiger partial charge >= 0.3 is 5.97 Å². The van der Waals surface area contributed by atoms with Gasteiger partial charge in [0.15, 0.2) is 5.78 Å². The van der Waals surface area contributed by atoms with Gasteiger partial charge in [0, 0.05) is 33.0 Å². The molecular weight excluding hydrogens is 1170 g/mol. The first-order valence-corrected chi connectivity index (χ1v) is 31.3. The quantitative estimate of drug-likeness (QED) is 0.0816. The molecule has 0 unspecified atom stereocenters. The van der Waals surface area contributed by atoms with Crippen LogP contribution >= 0.6 is 0 Å². The number of hydrogen-bond donors (Lipinski definition) is 2. The smallest absolute Gasteiger partial charge is 0.303 e. The van der Waals surface area contributed by atoms with E-state index in [1.54, 1.807) is 7.11 Å². The highest BCUT2D eigenvalue weighted by Gasteiger charge is 2.21. The van der Waals surface area contributed by atoms with Crippen LogP contribution in [-0.2, 0) is 128 Å². The molecule has 524 valence electrons. The molecule has 0 aliphatic heterocycles. The second-order valence-corrected chi connectivity index (χ2v) is 18.4. The Hall–Kier alpha value is -2.35. The van der Waals surface area contributed by atoms with Crippen molar-refractivity contribution in [3.63, 3.8) is 0 Å². The lowest BCUT2D eigenvalue weighted by Crippen LogP contribution is -2.41. The van der Waals surface area contributed by atoms with Crippen molar-refractivity contribution in [2.24, 2.45) is 0 Å². The van der Waals surface area contributed by atoms with E-state index in [1.807, 2.05) is 6.92 Å². The minimum absolute atomic E-state index is 0.0742. The van der Waals surface area contributed by atoms with Gasteiger partial charge in [-0.2, -0.15) is 0 Å². The molecule has 0 spiro atoms. The van der Waals surface area contributed by atoms with Gasteiger partial charge < -0.3 is 124 Å². The fraction of sp³-hybridized carbons (Fsp3) is 0.949. The summed E-state index contributed by atoms with van der Waals surface area (Å²) in [5, 5.41) is 11.6. The van der Waals surface area contributed by atoms with Crippen LogP contribution in [0.5, 0.6) is 0 Å². The molecule has 2 N–H and O–H groups in total. The van der Waals surface area contributed by atoms with Crippen LogP contribution in [0.2, 0.25) is 0 Å². The molecule has 0 heterocycles. The van der Waals surface area contributed by atoms with Crippen LogP contribution in [-0.4, -0.2) is 346 Å². The van der Waals surface area contributed by atoms with Crippen LogP contribution < -0.4 is 5.32 Å². The zero-order valence-corrected chi connectivity index (χ0v) is 53.5. The van der Waals surface area contributed by atoms with E-state index in [-0.39, 0.29) is 31.0 Å². The first-order valence-electron chi connectivity index (χ1n) is 31.3. The van der Waals surface area contributed by atoms with Crippen LogP contribution in [0.1, 0.15) is 45.4 Å². The molecule has 0 bridgehead atoms. The van der Waals surface area contributed by atoms with Gasteiger partial charge in [-0.25, -0.2) is 0 Å². The van der Waals surface area contributed by atoms with Gasteiger partial charge in [0.1, 0.15) is 0 Å². The number of rotatable bonds is 80. The Kier molecular flexibility index (Phi) is 75.0. The molecule has 0 aromatic rings. The number of aliphatic carboxylic acids is 1. The minimum Gasteiger partial charge on any atom is -0.481 e. The van der Waals surface area contributed by atoms with E-state index in [1.165, 1.54) is 0 Å². The van der Waals surface area contributed by atoms with Crippen molar-refractivity contribution in [2.75, 3.05) is 318 Å². The van der Waals surface area contributed by atoms with Crippen molar-refractivity contribution >= 4 is 17.7 Å². The van der Waals surface area contributed by atoms with E-state index >= 15 is 0 Å². The Morgan fingerprint density at radius 3 is 0.625 bits per heavy atom. The van der Waals surface area contributed by atoms with Gasteiger partial charge in [-0.1, -0.05) is 6.92 Å². The summed E-state index contributed by atoms with van der Waals surface area (Å²) in [6, 6.07) is -0.791. The number of carboxylic acid groups (broad SMARTS) is 1. The van der Waals surface area contributed by atoms with Crippen molar-refractivity contribution in [3.05, 3.63) is 0 Å². The van der Waals surface area contributed by atoms with E-state index in [0.717, 1.165) is 0 Å². The van der Waals surface area contributed by atoms with Gasteiger partial charge in [0.2, 0.25) is 5.91 Å². The monoisotopic (exact) mass is 1290 g/mol. The number of methoxy groups -OCH3 is 1. The number of hydrogen-bond acceptors (Lipinski definition) is 27. The zero-order chi connectivity index (χ0) is 63.5. The number of amides is 1. The molecule has 0 aromatic carbocycles. The summed E-state index contributed by atoms with van der Waals surface area (Å²) >= 11 is 0. The Bertz CT molecular complexity index is 1390. The van der Waals surface area contributed by atoms with Crippen LogP contribution in [0.25, 0.3) is 0 Å². The number of nitrogens with one attached hydrogen (secondary N) is 1. The number of Topliss-reactive ketones (excluding diaryl/α,β-unsaturated/α-hetero) is 1. The zero-order valence-electron chi connectivity index (χ0n) is 53.5. The van der Waals surface area contributed by atoms with Crippen LogP contribution in [0.15, 0.2) is 0 Å². The maximum atomic E-state index is 12.5. The first kappa shape index (κ1) is 85.7. The summed E-state index contributed by atoms with van der Waals surface area (Å²) in [4.78, 5) is 35.3. The van der Waals surface area contributed by atoms with Crippen molar-refractivity contribution in [2.45, 2.75) is 51.5 Å². The molecule has 0 aliphatic carbocycles. The standard InChI is InChI=1S/C59H115NO28/c1-3-5-58(62)60-56(7-8-59(63)64)57(61)6-4-9-66-12-13-68-16-17-70-20-21-72-24-25-74-28-29-76-32-33-78-36-37-80-40-41-82-44-45-84-48-49-86-52-53-88-55-54-87-51-50-85-47-46-83-43-42-81-39-38-79-35-34-77-31-30-75-27-26-73-23-22-71-19-18-69-15-14-67-11-10-65-2/h56H,3-55H2,1-2H3,(H,60,62)(H,63,64)/t56-/m0/s1. The van der Waals surface area contributed by atoms with Crippen LogP contribution in [0, 0.1) is 0 Å². The molecule has 29 nitrogen and oxygen atoms in total. The number of carbonyl (C=O) groups excluding carboxylic acids is 2. The molecule has 0 aliphatic rings. The maximum Gasteiger partial charge on any atom is 0.303 e. The van der Waals surface area contributed by atoms with Gasteiger partial charge in [0.05, 0.1) is 310 Å². The topological polar surface area (TPSA) is 305 Å². The average Bonchev–Trinajstić information content (AvgIpc) is 3.55. The minimum atomic E-state index is -1.01. The van der Waals surface area contributed by atoms with Crippen molar-refractivity contribution in [1.29, 1.82) is 0 Å². The number of carboxylic acids is 1. The Morgan fingerprint density at radius 2 is 0.455 bits per heavy atom. The second kappa shape index (κ2) is 77.1. The predicted molar refractivity (Wildman–Crippen MR) is 319 cm³/mol. The summed E-state index contributed by atoms with van der Waals surface area (Å²) in [7, 11) is 1.64. The van der Waals surface area contributed by atoms with Crippen LogP contribution in [0.4, 0.5) is 0 Å². The summed E-state index contributed by atoms with van der Waals surface area (Å²) in [5.41, 5.74) is 0. The molecule has 0 radical (unpaired) electrons. The van der Waals surface area contributed by atoms with Gasteiger partial charge in [0.25, 0.3) is 0 Å². The van der Waals surface area contributed by atoms with E-state index < -0.39 is 12.0 Å². The highest BCUT2D eigenvalue weighted by Crippen LogP contribution is 2.06. The Balaban J connectivity index is 3.17. The fourth-order valence-corrected chi connectivity index (χ4v) is 6.68. The summed E-state index contributed by atoms with van der Waals surface area (Å²) in [6.07, 6.45) is 1.49. The lowest BCUT2D eigenvalue weighted by Gasteiger charge is -2.17. The average molecular weight is 1290 g/mol. The fourth-order valence-electron chi connectivity index (χ4n) is 6.68. The molecule has 1 atom stereocenters. The largest absolute Gasteiger partial charge is 0.481 e. The highest BCUT2D eigenvalue weighted by atomic mass is 16.6. The molecule has 0 saturated heterocycles. The second-order valence-electron chi connectivity index (χ2n) is 18.4. The summed E-state index contributed by atoms with van der Waals surface area (Å²) in [5.74, 6) is -1.45. The van der Waals surface area contributed by atoms with Crippen molar-refractivity contribution in [3.8, 4) is 0 Å². The van der Waals surface area contributed by atoms with Gasteiger partial charge in [-0.15, -0.1) is 0 Å². The summed E-state index contributed by atoms with van der Waals surface area (Å²) in [6.45, 7) is 24.2. The number of carbonyl (C=O) groups is 3. The third kappa shape index (κ3) is 74.4. The number of ketones is 1. The van der Waals surface area contributed by atoms with E-state index in [2.05, 4.69) is 5.32 Å². The number of ether oxygens (including phenoxy) is 24. The van der Waals surface area contributed by atoms with E-state index in [9.17, 15) is 14.4 Å². The molecule has 29 heteroatoms. The van der Waals surface area contributed by atoms with Crippen LogP contribution in [0.3, 0.4) is 0 Å². The van der Waals surface area contributed by atoms with Gasteiger partial charge in [-0.3, -0.25) is 14.4 Å². The molecule has 1 amide bonds. The third-order valence-electron chi connectivity index (χ3n) is 11.2. The third-order valence-corrected chi connectivity index (χ3v) is 11.2. The lowest BCUT2D eigenvalue weighted by atomic mass is 10.0. The van der Waals surface area contributed by atoms with Crippen molar-refractivity contribution in [1.82, 2.24) is 5.32 Å².